The highest BCUT2D eigenvalue weighted by Gasteiger charge is 2.27. The van der Waals surface area contributed by atoms with E-state index in [1.54, 1.807) is 7.11 Å². The summed E-state index contributed by atoms with van der Waals surface area (Å²) in [6.07, 6.45) is 8.48. The van der Waals surface area contributed by atoms with Crippen LogP contribution in [0.5, 0.6) is 5.75 Å². The van der Waals surface area contributed by atoms with Gasteiger partial charge in [-0.2, -0.15) is 0 Å². The fourth-order valence-electron chi connectivity index (χ4n) is 4.61. The standard InChI is InChI=1S/C23H32N2O2/c1-4-10-19-22(18-13-8-9-14-20(18)27-3)21(23(24)26)16(2)25(19)15-17-11-6-5-7-12-17/h8-9,13-14,17H,4-7,10-12,15H2,1-3H3,(H2,24,26). The molecule has 0 spiro atoms. The third-order valence-electron chi connectivity index (χ3n) is 5.91. The molecule has 1 fully saturated rings. The molecule has 1 aliphatic carbocycles. The van der Waals surface area contributed by atoms with Crippen LogP contribution in [-0.2, 0) is 13.0 Å². The second-order valence-electron chi connectivity index (χ2n) is 7.71. The molecule has 1 heterocycles. The van der Waals surface area contributed by atoms with Crippen LogP contribution in [-0.4, -0.2) is 17.6 Å². The first-order chi connectivity index (χ1) is 13.1. The van der Waals surface area contributed by atoms with Crippen LogP contribution < -0.4 is 10.5 Å². The van der Waals surface area contributed by atoms with Gasteiger partial charge in [0.15, 0.2) is 0 Å². The number of para-hydroxylation sites is 1. The number of nitrogens with zero attached hydrogens (tertiary/aromatic N) is 1. The lowest BCUT2D eigenvalue weighted by atomic mass is 9.89. The number of methoxy groups -OCH3 is 1. The number of hydrogen-bond donors (Lipinski definition) is 1. The highest BCUT2D eigenvalue weighted by molar-refractivity contribution is 6.03. The van der Waals surface area contributed by atoms with Crippen LogP contribution in [0.1, 0.15) is 67.2 Å². The van der Waals surface area contributed by atoms with Gasteiger partial charge in [-0.3, -0.25) is 4.79 Å². The molecular weight excluding hydrogens is 336 g/mol. The molecule has 1 saturated carbocycles. The third kappa shape index (κ3) is 3.90. The lowest BCUT2D eigenvalue weighted by Crippen LogP contribution is -2.18. The van der Waals surface area contributed by atoms with E-state index in [1.165, 1.54) is 37.8 Å². The summed E-state index contributed by atoms with van der Waals surface area (Å²) in [7, 11) is 1.67. The van der Waals surface area contributed by atoms with E-state index in [0.29, 0.717) is 11.5 Å². The topological polar surface area (TPSA) is 57.2 Å². The quantitative estimate of drug-likeness (QED) is 0.739. The molecule has 4 heteroatoms. The van der Waals surface area contributed by atoms with Gasteiger partial charge < -0.3 is 15.0 Å². The number of benzene rings is 1. The SMILES string of the molecule is CCCc1c(-c2ccccc2OC)c(C(N)=O)c(C)n1CC1CCCCC1. The Bertz CT molecular complexity index is 801. The molecule has 0 radical (unpaired) electrons. The number of primary amides is 1. The van der Waals surface area contributed by atoms with Gasteiger partial charge in [-0.05, 0) is 38.2 Å². The van der Waals surface area contributed by atoms with E-state index in [1.807, 2.05) is 31.2 Å². The van der Waals surface area contributed by atoms with E-state index in [0.717, 1.165) is 42.0 Å². The molecule has 2 aromatic rings. The van der Waals surface area contributed by atoms with Crippen molar-refractivity contribution in [2.24, 2.45) is 11.7 Å². The van der Waals surface area contributed by atoms with Gasteiger partial charge in [0.1, 0.15) is 5.75 Å². The maximum atomic E-state index is 12.4. The lowest BCUT2D eigenvalue weighted by molar-refractivity contribution is 0.1000. The van der Waals surface area contributed by atoms with Crippen molar-refractivity contribution in [3.8, 4) is 16.9 Å². The summed E-state index contributed by atoms with van der Waals surface area (Å²) < 4.78 is 7.98. The summed E-state index contributed by atoms with van der Waals surface area (Å²) in [4.78, 5) is 12.4. The predicted octanol–water partition coefficient (Wildman–Crippen LogP) is 5.10. The summed E-state index contributed by atoms with van der Waals surface area (Å²) in [5.41, 5.74) is 10.7. The molecule has 0 saturated heterocycles. The maximum Gasteiger partial charge on any atom is 0.251 e. The van der Waals surface area contributed by atoms with Crippen molar-refractivity contribution in [3.63, 3.8) is 0 Å². The van der Waals surface area contributed by atoms with Crippen LogP contribution in [0.2, 0.25) is 0 Å². The van der Waals surface area contributed by atoms with Crippen LogP contribution in [0.4, 0.5) is 0 Å². The van der Waals surface area contributed by atoms with Crippen molar-refractivity contribution in [3.05, 3.63) is 41.2 Å². The minimum atomic E-state index is -0.354. The first-order valence-corrected chi connectivity index (χ1v) is 10.2. The first-order valence-electron chi connectivity index (χ1n) is 10.2. The second-order valence-corrected chi connectivity index (χ2v) is 7.71. The Labute approximate surface area is 162 Å². The molecule has 146 valence electrons. The number of rotatable bonds is 7. The van der Waals surface area contributed by atoms with Crippen LogP contribution in [0.3, 0.4) is 0 Å². The summed E-state index contributed by atoms with van der Waals surface area (Å²) in [5, 5.41) is 0. The van der Waals surface area contributed by atoms with Gasteiger partial charge in [0.2, 0.25) is 0 Å². The molecule has 2 N–H and O–H groups in total. The zero-order valence-corrected chi connectivity index (χ0v) is 16.9. The molecule has 27 heavy (non-hydrogen) atoms. The Balaban J connectivity index is 2.18. The van der Waals surface area contributed by atoms with E-state index in [-0.39, 0.29) is 5.91 Å². The van der Waals surface area contributed by atoms with Crippen LogP contribution >= 0.6 is 0 Å². The van der Waals surface area contributed by atoms with Gasteiger partial charge in [-0.1, -0.05) is 50.8 Å². The number of ether oxygens (including phenoxy) is 1. The maximum absolute atomic E-state index is 12.4. The van der Waals surface area contributed by atoms with Crippen LogP contribution in [0.15, 0.2) is 24.3 Å². The normalized spacial score (nSPS) is 15.1. The lowest BCUT2D eigenvalue weighted by Gasteiger charge is -2.24. The predicted molar refractivity (Wildman–Crippen MR) is 110 cm³/mol. The van der Waals surface area contributed by atoms with Gasteiger partial charge in [-0.15, -0.1) is 0 Å². The van der Waals surface area contributed by atoms with Crippen molar-refractivity contribution in [2.45, 2.75) is 65.3 Å². The Morgan fingerprint density at radius 1 is 1.22 bits per heavy atom. The molecule has 1 aromatic carbocycles. The Kier molecular flexibility index (Phi) is 6.25. The fourth-order valence-corrected chi connectivity index (χ4v) is 4.61. The monoisotopic (exact) mass is 368 g/mol. The number of aromatic nitrogens is 1. The van der Waals surface area contributed by atoms with Crippen molar-refractivity contribution in [1.82, 2.24) is 4.57 Å². The van der Waals surface area contributed by atoms with Crippen molar-refractivity contribution in [1.29, 1.82) is 0 Å². The average molecular weight is 369 g/mol. The van der Waals surface area contributed by atoms with E-state index >= 15 is 0 Å². The largest absolute Gasteiger partial charge is 0.496 e. The number of nitrogens with two attached hydrogens (primary N) is 1. The van der Waals surface area contributed by atoms with E-state index in [4.69, 9.17) is 10.5 Å². The molecule has 1 aromatic heterocycles. The Hall–Kier alpha value is -2.23. The number of amides is 1. The fraction of sp³-hybridized carbons (Fsp3) is 0.522. The number of carbonyl (C=O) groups excluding carboxylic acids is 1. The second kappa shape index (κ2) is 8.64. The zero-order chi connectivity index (χ0) is 19.4. The highest BCUT2D eigenvalue weighted by atomic mass is 16.5. The van der Waals surface area contributed by atoms with Crippen molar-refractivity contribution in [2.75, 3.05) is 7.11 Å². The minimum Gasteiger partial charge on any atom is -0.496 e. The first kappa shape index (κ1) is 19.5. The molecule has 0 atom stereocenters. The van der Waals surface area contributed by atoms with Gasteiger partial charge in [0.05, 0.1) is 12.7 Å². The van der Waals surface area contributed by atoms with Crippen LogP contribution in [0, 0.1) is 12.8 Å². The Morgan fingerprint density at radius 2 is 1.93 bits per heavy atom. The summed E-state index contributed by atoms with van der Waals surface area (Å²) in [6.45, 7) is 5.21. The molecule has 4 nitrogen and oxygen atoms in total. The van der Waals surface area contributed by atoms with E-state index in [9.17, 15) is 4.79 Å². The smallest absolute Gasteiger partial charge is 0.251 e. The summed E-state index contributed by atoms with van der Waals surface area (Å²) in [6, 6.07) is 7.93. The number of hydrogen-bond acceptors (Lipinski definition) is 2. The van der Waals surface area contributed by atoms with Gasteiger partial charge >= 0.3 is 0 Å². The molecule has 3 rings (SSSR count). The summed E-state index contributed by atoms with van der Waals surface area (Å²) >= 11 is 0. The minimum absolute atomic E-state index is 0.354. The molecular formula is C23H32N2O2. The highest BCUT2D eigenvalue weighted by Crippen LogP contribution is 2.39. The zero-order valence-electron chi connectivity index (χ0n) is 16.9. The Morgan fingerprint density at radius 3 is 2.56 bits per heavy atom. The van der Waals surface area contributed by atoms with E-state index in [2.05, 4.69) is 11.5 Å². The molecule has 1 amide bonds. The third-order valence-corrected chi connectivity index (χ3v) is 5.91. The van der Waals surface area contributed by atoms with Crippen molar-refractivity contribution < 1.29 is 9.53 Å². The molecule has 1 aliphatic rings. The van der Waals surface area contributed by atoms with Gasteiger partial charge in [0, 0.05) is 29.1 Å². The molecule has 0 unspecified atom stereocenters. The van der Waals surface area contributed by atoms with Crippen LogP contribution in [0.25, 0.3) is 11.1 Å². The average Bonchev–Trinajstić information content (AvgIpc) is 2.95. The van der Waals surface area contributed by atoms with Gasteiger partial charge in [0.25, 0.3) is 5.91 Å². The van der Waals surface area contributed by atoms with Crippen molar-refractivity contribution >= 4 is 5.91 Å². The summed E-state index contributed by atoms with van der Waals surface area (Å²) in [5.74, 6) is 1.12. The molecule has 0 bridgehead atoms. The molecule has 0 aliphatic heterocycles. The van der Waals surface area contributed by atoms with E-state index < -0.39 is 0 Å². The number of carbonyl (C=O) groups is 1. The van der Waals surface area contributed by atoms with Gasteiger partial charge in [-0.25, -0.2) is 0 Å².